The van der Waals surface area contributed by atoms with E-state index in [1.165, 1.54) is 37.7 Å². The molecule has 1 aromatic heterocycles. The number of ether oxygens (including phenoxy) is 2. The van der Waals surface area contributed by atoms with Crippen molar-refractivity contribution in [3.63, 3.8) is 0 Å². The number of halogens is 3. The van der Waals surface area contributed by atoms with Crippen LogP contribution >= 0.6 is 0 Å². The highest BCUT2D eigenvalue weighted by molar-refractivity contribution is 7.89. The summed E-state index contributed by atoms with van der Waals surface area (Å²) in [5, 5.41) is 26.0. The second-order valence-corrected chi connectivity index (χ2v) is 13.4. The van der Waals surface area contributed by atoms with Gasteiger partial charge in [-0.1, -0.05) is 12.0 Å². The Balaban J connectivity index is 1.51. The van der Waals surface area contributed by atoms with Crippen LogP contribution in [0.5, 0.6) is 5.75 Å². The van der Waals surface area contributed by atoms with Crippen molar-refractivity contribution < 1.29 is 41.3 Å². The summed E-state index contributed by atoms with van der Waals surface area (Å²) in [6.45, 7) is 0.807. The lowest BCUT2D eigenvalue weighted by Crippen LogP contribution is -2.43. The number of likely N-dealkylation sites (N-methyl/N-ethyl adjacent to an activating group) is 1. The second kappa shape index (κ2) is 16.1. The zero-order valence-electron chi connectivity index (χ0n) is 26.7. The number of fused-ring (bicyclic) bond motifs is 1. The normalized spacial score (nSPS) is 15.4. The molecule has 2 heterocycles. The van der Waals surface area contributed by atoms with E-state index in [1.807, 2.05) is 6.07 Å². The van der Waals surface area contributed by atoms with Gasteiger partial charge >= 0.3 is 6.18 Å². The Hall–Kier alpha value is -3.52. The third-order valence-electron chi connectivity index (χ3n) is 7.99. The highest BCUT2D eigenvalue weighted by Crippen LogP contribution is 2.32. The van der Waals surface area contributed by atoms with Gasteiger partial charge in [0.2, 0.25) is 10.0 Å². The second-order valence-electron chi connectivity index (χ2n) is 11.4. The Morgan fingerprint density at radius 1 is 1.13 bits per heavy atom. The quantitative estimate of drug-likeness (QED) is 0.190. The molecule has 1 unspecified atom stereocenters. The molecule has 3 aromatic rings. The van der Waals surface area contributed by atoms with Gasteiger partial charge in [-0.25, -0.2) is 8.42 Å². The zero-order valence-corrected chi connectivity index (χ0v) is 27.5. The number of likely N-dealkylation sites (tertiary alicyclic amines) is 1. The number of rotatable bonds is 14. The Labute approximate surface area is 273 Å². The van der Waals surface area contributed by atoms with Gasteiger partial charge < -0.3 is 39.8 Å². The maximum atomic E-state index is 13.7. The summed E-state index contributed by atoms with van der Waals surface area (Å²) in [7, 11) is 0.570. The molecule has 47 heavy (non-hydrogen) atoms. The first kappa shape index (κ1) is 36.3. The maximum absolute atomic E-state index is 13.7. The number of methoxy groups -OCH3 is 2. The van der Waals surface area contributed by atoms with Crippen molar-refractivity contribution in [2.24, 2.45) is 0 Å². The molecule has 1 aliphatic rings. The van der Waals surface area contributed by atoms with Crippen molar-refractivity contribution in [3.8, 4) is 17.6 Å². The number of aliphatic hydroxyl groups is 2. The van der Waals surface area contributed by atoms with Crippen molar-refractivity contribution in [3.05, 3.63) is 48.2 Å². The van der Waals surface area contributed by atoms with E-state index in [2.05, 4.69) is 27.4 Å². The predicted molar refractivity (Wildman–Crippen MR) is 174 cm³/mol. The van der Waals surface area contributed by atoms with Gasteiger partial charge in [-0.2, -0.15) is 17.5 Å². The third kappa shape index (κ3) is 9.53. The van der Waals surface area contributed by atoms with E-state index < -0.39 is 28.8 Å². The standard InChI is InChI=1S/C32H42F3N5O6S/c1-38(16-17-45-2)47(43,44)26-9-10-29(31(19-26)46-3)36-13-5-6-24-18-27-28(7-4-8-30(27)40(24)22-32(33,34)35)37-23-11-14-39(15-12-23)20-25(42)21-41/h4,7-10,18-19,23,25,36-37,41-42H,11-17,20-22H2,1-3H3. The molecule has 2 aromatic carbocycles. The molecule has 0 radical (unpaired) electrons. The van der Waals surface area contributed by atoms with Crippen LogP contribution in [0, 0.1) is 11.8 Å². The molecule has 1 aliphatic heterocycles. The van der Waals surface area contributed by atoms with Gasteiger partial charge in [0, 0.05) is 63.5 Å². The molecule has 1 fully saturated rings. The first-order valence-corrected chi connectivity index (χ1v) is 16.6. The molecular formula is C32H42F3N5O6S. The lowest BCUT2D eigenvalue weighted by molar-refractivity contribution is -0.140. The molecule has 1 saturated heterocycles. The molecule has 4 N–H and O–H groups in total. The number of anilines is 2. The van der Waals surface area contributed by atoms with Crippen molar-refractivity contribution in [2.45, 2.75) is 42.6 Å². The number of sulfonamides is 1. The highest BCUT2D eigenvalue weighted by atomic mass is 32.2. The topological polar surface area (TPSA) is 129 Å². The van der Waals surface area contributed by atoms with E-state index >= 15 is 0 Å². The van der Waals surface area contributed by atoms with E-state index in [4.69, 9.17) is 14.6 Å². The van der Waals surface area contributed by atoms with Crippen LogP contribution in [0.4, 0.5) is 24.5 Å². The Kier molecular flexibility index (Phi) is 12.4. The Morgan fingerprint density at radius 3 is 2.53 bits per heavy atom. The average molecular weight is 682 g/mol. The smallest absolute Gasteiger partial charge is 0.406 e. The van der Waals surface area contributed by atoms with Gasteiger partial charge in [0.25, 0.3) is 0 Å². The fourth-order valence-electron chi connectivity index (χ4n) is 5.47. The summed E-state index contributed by atoms with van der Waals surface area (Å²) in [5.41, 5.74) is 1.79. The molecule has 0 bridgehead atoms. The van der Waals surface area contributed by atoms with Crippen LogP contribution in [-0.2, 0) is 21.3 Å². The van der Waals surface area contributed by atoms with Crippen LogP contribution < -0.4 is 15.4 Å². The van der Waals surface area contributed by atoms with Crippen molar-refractivity contribution in [1.29, 1.82) is 0 Å². The van der Waals surface area contributed by atoms with Gasteiger partial charge in [-0.3, -0.25) is 0 Å². The SMILES string of the molecule is COCCN(C)S(=O)(=O)c1ccc(NCC#Cc2cc3c(NC4CCN(CC(O)CO)CC4)cccc3n2CC(F)(F)F)c(OC)c1. The minimum Gasteiger partial charge on any atom is -0.495 e. The summed E-state index contributed by atoms with van der Waals surface area (Å²) in [4.78, 5) is 2.12. The van der Waals surface area contributed by atoms with Gasteiger partial charge in [-0.15, -0.1) is 0 Å². The van der Waals surface area contributed by atoms with E-state index in [0.717, 1.165) is 30.5 Å². The summed E-state index contributed by atoms with van der Waals surface area (Å²) in [5.74, 6) is 6.04. The Morgan fingerprint density at radius 2 is 1.87 bits per heavy atom. The van der Waals surface area contributed by atoms with E-state index in [0.29, 0.717) is 28.8 Å². The molecule has 258 valence electrons. The molecule has 0 amide bonds. The predicted octanol–water partition coefficient (Wildman–Crippen LogP) is 3.17. The van der Waals surface area contributed by atoms with E-state index in [-0.39, 0.29) is 48.7 Å². The number of aliphatic hydroxyl groups excluding tert-OH is 2. The number of hydrogen-bond acceptors (Lipinski definition) is 9. The van der Waals surface area contributed by atoms with Crippen LogP contribution in [0.15, 0.2) is 47.4 Å². The minimum atomic E-state index is -4.47. The van der Waals surface area contributed by atoms with Crippen molar-refractivity contribution in [2.75, 3.05) is 77.8 Å². The third-order valence-corrected chi connectivity index (χ3v) is 9.84. The maximum Gasteiger partial charge on any atom is 0.406 e. The first-order chi connectivity index (χ1) is 22.4. The molecule has 1 atom stereocenters. The number of aromatic nitrogens is 1. The largest absolute Gasteiger partial charge is 0.495 e. The lowest BCUT2D eigenvalue weighted by atomic mass is 10.0. The van der Waals surface area contributed by atoms with Crippen LogP contribution in [-0.4, -0.2) is 118 Å². The summed E-state index contributed by atoms with van der Waals surface area (Å²) in [6.07, 6.45) is -3.71. The van der Waals surface area contributed by atoms with Gasteiger partial charge in [-0.05, 0) is 49.1 Å². The molecule has 15 heteroatoms. The minimum absolute atomic E-state index is 0.0386. The number of piperidine rings is 1. The summed E-state index contributed by atoms with van der Waals surface area (Å²) in [6, 6.07) is 11.3. The Bertz CT molecular complexity index is 1660. The average Bonchev–Trinajstić information content (AvgIpc) is 3.38. The van der Waals surface area contributed by atoms with Crippen molar-refractivity contribution >= 4 is 32.3 Å². The monoisotopic (exact) mass is 681 g/mol. The summed E-state index contributed by atoms with van der Waals surface area (Å²) >= 11 is 0. The number of benzene rings is 2. The lowest BCUT2D eigenvalue weighted by Gasteiger charge is -2.33. The van der Waals surface area contributed by atoms with Gasteiger partial charge in [0.15, 0.2) is 0 Å². The number of β-amino-alcohol motifs (C(OH)–C–C–N with tert-alkyl or cyclic N) is 1. The number of hydrogen-bond donors (Lipinski definition) is 4. The van der Waals surface area contributed by atoms with Crippen molar-refractivity contribution in [1.82, 2.24) is 13.8 Å². The number of alkyl halides is 3. The fraction of sp³-hybridized carbons (Fsp3) is 0.500. The first-order valence-electron chi connectivity index (χ1n) is 15.2. The highest BCUT2D eigenvalue weighted by Gasteiger charge is 2.30. The van der Waals surface area contributed by atoms with Gasteiger partial charge in [0.05, 0.1) is 54.8 Å². The van der Waals surface area contributed by atoms with Crippen LogP contribution in [0.3, 0.4) is 0 Å². The van der Waals surface area contributed by atoms with Crippen LogP contribution in [0.2, 0.25) is 0 Å². The van der Waals surface area contributed by atoms with Crippen LogP contribution in [0.25, 0.3) is 10.9 Å². The molecule has 0 spiro atoms. The zero-order chi connectivity index (χ0) is 34.2. The fourth-order valence-corrected chi connectivity index (χ4v) is 6.64. The van der Waals surface area contributed by atoms with Crippen LogP contribution in [0.1, 0.15) is 18.5 Å². The molecule has 0 aliphatic carbocycles. The molecule has 11 nitrogen and oxygen atoms in total. The molecule has 0 saturated carbocycles. The number of nitrogens with zero attached hydrogens (tertiary/aromatic N) is 3. The van der Waals surface area contributed by atoms with E-state index in [9.17, 15) is 26.7 Å². The van der Waals surface area contributed by atoms with E-state index in [1.54, 1.807) is 24.3 Å². The number of nitrogens with one attached hydrogen (secondary N) is 2. The summed E-state index contributed by atoms with van der Waals surface area (Å²) < 4.78 is 79.5. The van der Waals surface area contributed by atoms with Gasteiger partial charge in [0.1, 0.15) is 12.3 Å². The molecular weight excluding hydrogens is 639 g/mol. The molecule has 4 rings (SSSR count).